The van der Waals surface area contributed by atoms with Gasteiger partial charge in [-0.15, -0.1) is 0 Å². The Balaban J connectivity index is 1.87. The highest BCUT2D eigenvalue weighted by atomic mass is 35.5. The molecule has 2 heterocycles. The number of cyclic esters (lactones) is 1. The largest absolute Gasteiger partial charge is 0.458 e. The van der Waals surface area contributed by atoms with E-state index in [-0.39, 0.29) is 24.8 Å². The molecule has 0 saturated carbocycles. The van der Waals surface area contributed by atoms with Crippen LogP contribution < -0.4 is 5.32 Å². The fourth-order valence-electron chi connectivity index (χ4n) is 4.83. The lowest BCUT2D eigenvalue weighted by Gasteiger charge is -2.26. The number of hydrogen-bond acceptors (Lipinski definition) is 6. The molecule has 212 valence electrons. The van der Waals surface area contributed by atoms with Gasteiger partial charge in [0.1, 0.15) is 6.10 Å². The van der Waals surface area contributed by atoms with Gasteiger partial charge in [-0.2, -0.15) is 0 Å². The van der Waals surface area contributed by atoms with Crippen molar-refractivity contribution in [3.05, 3.63) is 57.6 Å². The summed E-state index contributed by atoms with van der Waals surface area (Å²) in [5.41, 5.74) is 3.18. The Morgan fingerprint density at radius 2 is 1.87 bits per heavy atom. The fraction of sp³-hybridized carbons (Fsp3) is 0.533. The van der Waals surface area contributed by atoms with Gasteiger partial charge in [-0.3, -0.25) is 9.59 Å². The van der Waals surface area contributed by atoms with Crippen LogP contribution in [0.2, 0.25) is 5.02 Å². The van der Waals surface area contributed by atoms with E-state index in [1.54, 1.807) is 0 Å². The first kappa shape index (κ1) is 30.4. The van der Waals surface area contributed by atoms with Crippen molar-refractivity contribution in [1.82, 2.24) is 10.2 Å². The molecule has 2 amide bonds. The summed E-state index contributed by atoms with van der Waals surface area (Å²) < 4.78 is 5.95. The van der Waals surface area contributed by atoms with Crippen molar-refractivity contribution in [3.8, 4) is 0 Å². The van der Waals surface area contributed by atoms with Crippen LogP contribution in [0.1, 0.15) is 78.9 Å². The molecule has 1 fully saturated rings. The first-order valence-corrected chi connectivity index (χ1v) is 14.2. The first-order chi connectivity index (χ1) is 18.8. The van der Waals surface area contributed by atoms with E-state index >= 15 is 0 Å². The van der Waals surface area contributed by atoms with Crippen molar-refractivity contribution < 1.29 is 24.0 Å². The number of nitrogens with zero attached hydrogens (tertiary/aromatic N) is 2. The van der Waals surface area contributed by atoms with E-state index in [2.05, 4.69) is 16.5 Å². The highest BCUT2D eigenvalue weighted by Gasteiger charge is 2.24. The minimum Gasteiger partial charge on any atom is -0.458 e. The lowest BCUT2D eigenvalue weighted by molar-refractivity contribution is -0.137. The molecular formula is C30H40ClN3O5. The number of fused-ring (bicyclic) bond motifs is 1. The van der Waals surface area contributed by atoms with E-state index in [1.807, 2.05) is 43.0 Å². The number of oxime groups is 1. The highest BCUT2D eigenvalue weighted by molar-refractivity contribution is 6.33. The van der Waals surface area contributed by atoms with Crippen LogP contribution in [-0.2, 0) is 25.6 Å². The summed E-state index contributed by atoms with van der Waals surface area (Å²) in [6, 6.07) is 1.87. The van der Waals surface area contributed by atoms with Crippen LogP contribution in [0.15, 0.2) is 35.5 Å². The van der Waals surface area contributed by atoms with Crippen molar-refractivity contribution in [3.63, 3.8) is 0 Å². The number of piperidine rings is 1. The molecule has 0 radical (unpaired) electrons. The molecule has 1 atom stereocenters. The number of carbonyl (C=O) groups is 3. The second-order valence-electron chi connectivity index (χ2n) is 10.1. The molecule has 1 unspecified atom stereocenters. The smallest absolute Gasteiger partial charge is 0.339 e. The molecule has 3 rings (SSSR count). The number of allylic oxidation sites excluding steroid dienone is 3. The summed E-state index contributed by atoms with van der Waals surface area (Å²) in [4.78, 5) is 44.7. The summed E-state index contributed by atoms with van der Waals surface area (Å²) in [5, 5.41) is 7.54. The summed E-state index contributed by atoms with van der Waals surface area (Å²) in [6.45, 7) is 7.00. The second kappa shape index (κ2) is 15.5. The van der Waals surface area contributed by atoms with E-state index in [0.29, 0.717) is 41.2 Å². The molecule has 39 heavy (non-hydrogen) atoms. The predicted molar refractivity (Wildman–Crippen MR) is 153 cm³/mol. The first-order valence-electron chi connectivity index (χ1n) is 13.8. The van der Waals surface area contributed by atoms with Gasteiger partial charge in [0, 0.05) is 50.8 Å². The number of amides is 2. The molecule has 1 saturated heterocycles. The van der Waals surface area contributed by atoms with Gasteiger partial charge in [0.25, 0.3) is 5.91 Å². The average Bonchev–Trinajstić information content (AvgIpc) is 2.90. The zero-order valence-corrected chi connectivity index (χ0v) is 24.0. The van der Waals surface area contributed by atoms with Crippen LogP contribution >= 0.6 is 11.6 Å². The molecule has 9 heteroatoms. The quantitative estimate of drug-likeness (QED) is 0.293. The SMILES string of the molecule is CC(=O)NCCC1C/C=C/CC/C=C/C(=N\OCC(=O)N2CCCCC2)Cc2c(Cl)c(C)cc(C)c2C(=O)O1. The van der Waals surface area contributed by atoms with Crippen LogP contribution in [0.4, 0.5) is 0 Å². The Morgan fingerprint density at radius 1 is 1.13 bits per heavy atom. The van der Waals surface area contributed by atoms with Gasteiger partial charge in [0.15, 0.2) is 6.61 Å². The average molecular weight is 558 g/mol. The summed E-state index contributed by atoms with van der Waals surface area (Å²) in [5.74, 6) is -0.667. The Morgan fingerprint density at radius 3 is 2.62 bits per heavy atom. The van der Waals surface area contributed by atoms with Gasteiger partial charge in [0.2, 0.25) is 5.91 Å². The lowest BCUT2D eigenvalue weighted by Crippen LogP contribution is -2.37. The number of benzene rings is 1. The van der Waals surface area contributed by atoms with Crippen LogP contribution in [0.5, 0.6) is 0 Å². The van der Waals surface area contributed by atoms with Gasteiger partial charge in [-0.05, 0) is 68.7 Å². The molecule has 1 aromatic rings. The van der Waals surface area contributed by atoms with Gasteiger partial charge in [0.05, 0.1) is 11.3 Å². The maximum absolute atomic E-state index is 13.5. The van der Waals surface area contributed by atoms with Gasteiger partial charge < -0.3 is 19.8 Å². The molecule has 1 aromatic carbocycles. The zero-order valence-electron chi connectivity index (χ0n) is 23.3. The maximum Gasteiger partial charge on any atom is 0.339 e. The number of rotatable bonds is 6. The Labute approximate surface area is 236 Å². The third-order valence-electron chi connectivity index (χ3n) is 6.87. The zero-order chi connectivity index (χ0) is 28.2. The van der Waals surface area contributed by atoms with E-state index in [4.69, 9.17) is 21.2 Å². The molecule has 2 aliphatic rings. The highest BCUT2D eigenvalue weighted by Crippen LogP contribution is 2.30. The Hall–Kier alpha value is -3.13. The number of aryl methyl sites for hydroxylation is 2. The molecule has 1 N–H and O–H groups in total. The maximum atomic E-state index is 13.5. The van der Waals surface area contributed by atoms with Crippen molar-refractivity contribution in [2.24, 2.45) is 5.16 Å². The normalized spacial score (nSPS) is 21.3. The van der Waals surface area contributed by atoms with Crippen LogP contribution in [-0.4, -0.2) is 60.7 Å². The summed E-state index contributed by atoms with van der Waals surface area (Å²) in [7, 11) is 0. The summed E-state index contributed by atoms with van der Waals surface area (Å²) in [6.07, 6.45) is 13.6. The van der Waals surface area contributed by atoms with Crippen LogP contribution in [0.25, 0.3) is 0 Å². The third kappa shape index (κ3) is 9.53. The van der Waals surface area contributed by atoms with Gasteiger partial charge >= 0.3 is 5.97 Å². The van der Waals surface area contributed by atoms with Crippen molar-refractivity contribution in [1.29, 1.82) is 0 Å². The lowest BCUT2D eigenvalue weighted by atomic mass is 9.94. The minimum absolute atomic E-state index is 0.0759. The number of hydrogen-bond donors (Lipinski definition) is 1. The number of likely N-dealkylation sites (tertiary alicyclic amines) is 1. The third-order valence-corrected chi connectivity index (χ3v) is 7.40. The number of carbonyl (C=O) groups excluding carboxylic acids is 3. The molecule has 2 aliphatic heterocycles. The number of halogens is 1. The molecule has 0 aliphatic carbocycles. The standard InChI is InChI=1S/C30H40ClN3O5/c1-21-18-22(2)29(31)26-19-24(33-38-20-27(36)34-16-10-7-11-17-34)12-8-5-4-6-9-13-25(14-15-32-23(3)35)39-30(37)28(21)26/h6,8-9,12,18,25H,4-5,7,10-11,13-17,19-20H2,1-3H3,(H,32,35)/b9-6+,12-8+,33-24+. The van der Waals surface area contributed by atoms with E-state index in [0.717, 1.165) is 56.3 Å². The Kier molecular flexibility index (Phi) is 12.1. The number of nitrogens with one attached hydrogen (secondary N) is 1. The monoisotopic (exact) mass is 557 g/mol. The molecule has 0 bridgehead atoms. The van der Waals surface area contributed by atoms with Crippen molar-refractivity contribution in [2.45, 2.75) is 78.2 Å². The van der Waals surface area contributed by atoms with E-state index in [9.17, 15) is 14.4 Å². The number of ether oxygens (including phenoxy) is 1. The van der Waals surface area contributed by atoms with Crippen molar-refractivity contribution >= 4 is 35.1 Å². The molecule has 0 aromatic heterocycles. The predicted octanol–water partition coefficient (Wildman–Crippen LogP) is 5.23. The van der Waals surface area contributed by atoms with E-state index < -0.39 is 12.1 Å². The Bertz CT molecular complexity index is 1120. The number of esters is 1. The topological polar surface area (TPSA) is 97.3 Å². The summed E-state index contributed by atoms with van der Waals surface area (Å²) >= 11 is 6.76. The van der Waals surface area contributed by atoms with Crippen molar-refractivity contribution in [2.75, 3.05) is 26.2 Å². The second-order valence-corrected chi connectivity index (χ2v) is 10.5. The van der Waals surface area contributed by atoms with Gasteiger partial charge in [-0.1, -0.05) is 41.1 Å². The van der Waals surface area contributed by atoms with E-state index in [1.165, 1.54) is 6.92 Å². The van der Waals surface area contributed by atoms with Crippen LogP contribution in [0.3, 0.4) is 0 Å². The van der Waals surface area contributed by atoms with Gasteiger partial charge in [-0.25, -0.2) is 4.79 Å². The molecule has 0 spiro atoms. The molecular weight excluding hydrogens is 518 g/mol. The van der Waals surface area contributed by atoms with Crippen LogP contribution in [0, 0.1) is 13.8 Å². The fourth-order valence-corrected chi connectivity index (χ4v) is 5.04. The minimum atomic E-state index is -0.466. The molecule has 8 nitrogen and oxygen atoms in total.